The molecule has 0 saturated carbocycles. The van der Waals surface area contributed by atoms with Crippen molar-refractivity contribution in [3.8, 4) is 11.4 Å². The third kappa shape index (κ3) is 2.33. The van der Waals surface area contributed by atoms with E-state index in [1.165, 1.54) is 4.57 Å². The van der Waals surface area contributed by atoms with Crippen molar-refractivity contribution in [2.75, 3.05) is 0 Å². The van der Waals surface area contributed by atoms with Crippen molar-refractivity contribution in [2.45, 2.75) is 20.4 Å². The van der Waals surface area contributed by atoms with E-state index in [0.717, 1.165) is 5.56 Å². The monoisotopic (exact) mass is 283 g/mol. The van der Waals surface area contributed by atoms with Crippen LogP contribution in [0.15, 0.2) is 35.1 Å². The van der Waals surface area contributed by atoms with Gasteiger partial charge in [0.25, 0.3) is 5.56 Å². The Morgan fingerprint density at radius 1 is 1.19 bits per heavy atom. The van der Waals surface area contributed by atoms with Gasteiger partial charge in [0.1, 0.15) is 5.82 Å². The predicted molar refractivity (Wildman–Crippen MR) is 80.8 cm³/mol. The van der Waals surface area contributed by atoms with Gasteiger partial charge in [-0.25, -0.2) is 9.67 Å². The molecule has 3 rings (SSSR count). The van der Waals surface area contributed by atoms with Crippen molar-refractivity contribution in [3.05, 3.63) is 40.7 Å². The van der Waals surface area contributed by atoms with E-state index in [1.807, 2.05) is 30.3 Å². The molecule has 0 bridgehead atoms. The highest BCUT2D eigenvalue weighted by Gasteiger charge is 2.16. The van der Waals surface area contributed by atoms with Gasteiger partial charge in [0, 0.05) is 19.2 Å². The fourth-order valence-electron chi connectivity index (χ4n) is 2.30. The van der Waals surface area contributed by atoms with Gasteiger partial charge in [-0.1, -0.05) is 49.4 Å². The summed E-state index contributed by atoms with van der Waals surface area (Å²) < 4.78 is 3.22. The van der Waals surface area contributed by atoms with E-state index in [4.69, 9.17) is 0 Å². The molecular weight excluding hydrogens is 266 g/mol. The number of nitrogens with zero attached hydrogens (tertiary/aromatic N) is 5. The van der Waals surface area contributed by atoms with Crippen LogP contribution in [-0.4, -0.2) is 24.5 Å². The molecule has 21 heavy (non-hydrogen) atoms. The van der Waals surface area contributed by atoms with Crippen molar-refractivity contribution in [3.63, 3.8) is 0 Å². The van der Waals surface area contributed by atoms with Crippen LogP contribution in [0.1, 0.15) is 13.8 Å². The number of aromatic nitrogens is 5. The van der Waals surface area contributed by atoms with Crippen LogP contribution in [0.3, 0.4) is 0 Å². The maximum absolute atomic E-state index is 12.4. The van der Waals surface area contributed by atoms with E-state index < -0.39 is 0 Å². The van der Waals surface area contributed by atoms with Crippen LogP contribution in [0.5, 0.6) is 0 Å². The van der Waals surface area contributed by atoms with E-state index in [1.54, 1.807) is 11.7 Å². The van der Waals surface area contributed by atoms with E-state index in [2.05, 4.69) is 29.1 Å². The first-order valence-electron chi connectivity index (χ1n) is 6.93. The highest BCUT2D eigenvalue weighted by molar-refractivity contribution is 5.72. The lowest BCUT2D eigenvalue weighted by Crippen LogP contribution is -2.21. The lowest BCUT2D eigenvalue weighted by molar-refractivity contribution is 0.480. The van der Waals surface area contributed by atoms with E-state index in [9.17, 15) is 4.79 Å². The number of benzene rings is 1. The van der Waals surface area contributed by atoms with Crippen LogP contribution in [0.2, 0.25) is 0 Å². The zero-order valence-corrected chi connectivity index (χ0v) is 12.3. The summed E-state index contributed by atoms with van der Waals surface area (Å²) in [6.45, 7) is 4.87. The summed E-state index contributed by atoms with van der Waals surface area (Å²) in [6.07, 6.45) is 0. The van der Waals surface area contributed by atoms with E-state index in [0.29, 0.717) is 29.5 Å². The van der Waals surface area contributed by atoms with Gasteiger partial charge in [-0.05, 0) is 5.92 Å². The Kier molecular flexibility index (Phi) is 3.29. The summed E-state index contributed by atoms with van der Waals surface area (Å²) in [7, 11) is 1.71. The second kappa shape index (κ2) is 5.12. The fraction of sp³-hybridized carbons (Fsp3) is 0.333. The van der Waals surface area contributed by atoms with Crippen LogP contribution in [0.25, 0.3) is 22.6 Å². The first kappa shape index (κ1) is 13.5. The standard InChI is InChI=1S/C15H17N5O/c1-10(2)9-20-14-12(17-18-20)15(21)19(3)13(16-14)11-7-5-4-6-8-11/h4-8,10H,9H2,1-3H3. The summed E-state index contributed by atoms with van der Waals surface area (Å²) in [5.41, 5.74) is 1.59. The Bertz CT molecular complexity index is 832. The number of fused-ring (bicyclic) bond motifs is 1. The fourth-order valence-corrected chi connectivity index (χ4v) is 2.30. The molecule has 2 heterocycles. The highest BCUT2D eigenvalue weighted by Crippen LogP contribution is 2.17. The minimum Gasteiger partial charge on any atom is -0.294 e. The minimum absolute atomic E-state index is 0.172. The summed E-state index contributed by atoms with van der Waals surface area (Å²) in [6, 6.07) is 9.66. The van der Waals surface area contributed by atoms with Gasteiger partial charge in [-0.15, -0.1) is 5.10 Å². The largest absolute Gasteiger partial charge is 0.294 e. The topological polar surface area (TPSA) is 65.6 Å². The Labute approximate surface area is 122 Å². The molecule has 0 radical (unpaired) electrons. The van der Waals surface area contributed by atoms with Crippen LogP contribution < -0.4 is 5.56 Å². The Morgan fingerprint density at radius 2 is 1.90 bits per heavy atom. The molecule has 0 aliphatic rings. The van der Waals surface area contributed by atoms with Crippen molar-refractivity contribution in [2.24, 2.45) is 13.0 Å². The molecule has 0 aliphatic carbocycles. The Morgan fingerprint density at radius 3 is 2.57 bits per heavy atom. The molecule has 2 aromatic heterocycles. The maximum atomic E-state index is 12.4. The summed E-state index contributed by atoms with van der Waals surface area (Å²) in [5, 5.41) is 8.05. The average Bonchev–Trinajstić information content (AvgIpc) is 2.86. The summed E-state index contributed by atoms with van der Waals surface area (Å²) in [4.78, 5) is 17.0. The predicted octanol–water partition coefficient (Wildman–Crippen LogP) is 1.85. The summed E-state index contributed by atoms with van der Waals surface area (Å²) in [5.74, 6) is 1.03. The smallest absolute Gasteiger partial charge is 0.283 e. The first-order chi connectivity index (χ1) is 10.1. The molecule has 0 atom stereocenters. The number of hydrogen-bond donors (Lipinski definition) is 0. The Hall–Kier alpha value is -2.50. The molecule has 0 spiro atoms. The zero-order valence-electron chi connectivity index (χ0n) is 12.3. The van der Waals surface area contributed by atoms with Crippen molar-refractivity contribution >= 4 is 11.2 Å². The van der Waals surface area contributed by atoms with Gasteiger partial charge in [0.05, 0.1) is 0 Å². The molecule has 108 valence electrons. The molecule has 0 aliphatic heterocycles. The molecule has 1 aromatic carbocycles. The highest BCUT2D eigenvalue weighted by atomic mass is 16.1. The molecule has 6 heteroatoms. The maximum Gasteiger partial charge on any atom is 0.283 e. The molecule has 0 amide bonds. The van der Waals surface area contributed by atoms with Crippen LogP contribution in [0.4, 0.5) is 0 Å². The second-order valence-corrected chi connectivity index (χ2v) is 5.50. The van der Waals surface area contributed by atoms with Crippen LogP contribution in [0, 0.1) is 5.92 Å². The van der Waals surface area contributed by atoms with Gasteiger partial charge in [0.15, 0.2) is 11.2 Å². The van der Waals surface area contributed by atoms with Crippen molar-refractivity contribution in [1.29, 1.82) is 0 Å². The first-order valence-corrected chi connectivity index (χ1v) is 6.93. The van der Waals surface area contributed by atoms with Crippen LogP contribution >= 0.6 is 0 Å². The van der Waals surface area contributed by atoms with E-state index in [-0.39, 0.29) is 5.56 Å². The van der Waals surface area contributed by atoms with Gasteiger partial charge < -0.3 is 0 Å². The third-order valence-corrected chi connectivity index (χ3v) is 3.32. The molecule has 6 nitrogen and oxygen atoms in total. The molecule has 0 fully saturated rings. The van der Waals surface area contributed by atoms with Crippen molar-refractivity contribution in [1.82, 2.24) is 24.5 Å². The zero-order chi connectivity index (χ0) is 15.0. The molecular formula is C15H17N5O. The molecule has 0 saturated heterocycles. The lowest BCUT2D eigenvalue weighted by atomic mass is 10.2. The number of rotatable bonds is 3. The van der Waals surface area contributed by atoms with Crippen LogP contribution in [-0.2, 0) is 13.6 Å². The second-order valence-electron chi connectivity index (χ2n) is 5.50. The number of hydrogen-bond acceptors (Lipinski definition) is 4. The van der Waals surface area contributed by atoms with Crippen molar-refractivity contribution < 1.29 is 0 Å². The van der Waals surface area contributed by atoms with E-state index >= 15 is 0 Å². The van der Waals surface area contributed by atoms with Gasteiger partial charge in [-0.3, -0.25) is 9.36 Å². The Balaban J connectivity index is 2.27. The summed E-state index contributed by atoms with van der Waals surface area (Å²) >= 11 is 0. The molecule has 0 unspecified atom stereocenters. The van der Waals surface area contributed by atoms with Gasteiger partial charge in [0.2, 0.25) is 0 Å². The third-order valence-electron chi connectivity index (χ3n) is 3.32. The quantitative estimate of drug-likeness (QED) is 0.735. The molecule has 3 aromatic rings. The van der Waals surface area contributed by atoms with Gasteiger partial charge >= 0.3 is 0 Å². The molecule has 0 N–H and O–H groups in total. The lowest BCUT2D eigenvalue weighted by Gasteiger charge is -2.09. The normalized spacial score (nSPS) is 11.4. The van der Waals surface area contributed by atoms with Gasteiger partial charge in [-0.2, -0.15) is 0 Å². The SMILES string of the molecule is CC(C)Cn1nnc2c(=O)n(C)c(-c3ccccc3)nc21. The average molecular weight is 283 g/mol. The minimum atomic E-state index is -0.172.